The van der Waals surface area contributed by atoms with Crippen LogP contribution < -0.4 is 10.5 Å². The Bertz CT molecular complexity index is 603. The van der Waals surface area contributed by atoms with Crippen molar-refractivity contribution in [2.45, 2.75) is 25.8 Å². The zero-order valence-corrected chi connectivity index (χ0v) is 13.6. The Morgan fingerprint density at radius 1 is 1.24 bits per heavy atom. The molecule has 0 spiro atoms. The van der Waals surface area contributed by atoms with Gasteiger partial charge < -0.3 is 10.5 Å². The first kappa shape index (κ1) is 16.0. The first-order valence-corrected chi connectivity index (χ1v) is 7.73. The lowest BCUT2D eigenvalue weighted by Crippen LogP contribution is -2.25. The summed E-state index contributed by atoms with van der Waals surface area (Å²) < 4.78 is 19.6. The van der Waals surface area contributed by atoms with Gasteiger partial charge in [0.1, 0.15) is 11.6 Å². The highest BCUT2D eigenvalue weighted by Crippen LogP contribution is 2.22. The fourth-order valence-electron chi connectivity index (χ4n) is 2.12. The van der Waals surface area contributed by atoms with E-state index in [1.165, 1.54) is 11.6 Å². The van der Waals surface area contributed by atoms with E-state index in [1.54, 1.807) is 6.07 Å². The number of rotatable bonds is 6. The van der Waals surface area contributed by atoms with Crippen molar-refractivity contribution in [3.63, 3.8) is 0 Å². The summed E-state index contributed by atoms with van der Waals surface area (Å²) in [5, 5.41) is 0. The fraction of sp³-hybridized carbons (Fsp3) is 0.294. The van der Waals surface area contributed by atoms with Crippen LogP contribution in [0.2, 0.25) is 0 Å². The van der Waals surface area contributed by atoms with Gasteiger partial charge in [0.25, 0.3) is 0 Å². The normalized spacial score (nSPS) is 12.2. The van der Waals surface area contributed by atoms with E-state index in [0.717, 1.165) is 17.7 Å². The summed E-state index contributed by atoms with van der Waals surface area (Å²) >= 11 is 3.26. The number of ether oxygens (including phenoxy) is 1. The molecule has 0 aliphatic heterocycles. The van der Waals surface area contributed by atoms with Gasteiger partial charge in [-0.1, -0.05) is 24.3 Å². The van der Waals surface area contributed by atoms with E-state index in [2.05, 4.69) is 15.9 Å². The van der Waals surface area contributed by atoms with Crippen LogP contribution in [0.4, 0.5) is 4.39 Å². The monoisotopic (exact) mass is 351 g/mol. The molecule has 0 amide bonds. The van der Waals surface area contributed by atoms with Crippen molar-refractivity contribution in [2.75, 3.05) is 6.61 Å². The van der Waals surface area contributed by atoms with Crippen molar-refractivity contribution in [3.8, 4) is 5.75 Å². The summed E-state index contributed by atoms with van der Waals surface area (Å²) in [6, 6.07) is 12.9. The summed E-state index contributed by atoms with van der Waals surface area (Å²) in [6.07, 6.45) is 1.34. The van der Waals surface area contributed by atoms with E-state index in [9.17, 15) is 4.39 Å². The molecule has 2 aromatic rings. The number of nitrogens with two attached hydrogens (primary N) is 1. The van der Waals surface area contributed by atoms with Crippen LogP contribution in [-0.2, 0) is 6.42 Å². The molecule has 0 aliphatic rings. The average molecular weight is 352 g/mol. The number of aryl methyl sites for hydroxylation is 1. The van der Waals surface area contributed by atoms with Crippen LogP contribution in [0.5, 0.6) is 5.75 Å². The standard InChI is InChI=1S/C17H19BrFNO/c1-12-4-2-6-15(10-12)21-9-8-14(20)11-13-5-3-7-16(19)17(13)18/h2-7,10,14H,8-9,11,20H2,1H3. The van der Waals surface area contributed by atoms with Gasteiger partial charge in [-0.15, -0.1) is 0 Å². The highest BCUT2D eigenvalue weighted by Gasteiger charge is 2.10. The SMILES string of the molecule is Cc1cccc(OCCC(N)Cc2cccc(F)c2Br)c1. The molecule has 21 heavy (non-hydrogen) atoms. The van der Waals surface area contributed by atoms with Crippen LogP contribution in [-0.4, -0.2) is 12.6 Å². The van der Waals surface area contributed by atoms with Gasteiger partial charge in [-0.25, -0.2) is 4.39 Å². The quantitative estimate of drug-likeness (QED) is 0.844. The zero-order valence-electron chi connectivity index (χ0n) is 12.0. The maximum Gasteiger partial charge on any atom is 0.137 e. The highest BCUT2D eigenvalue weighted by molar-refractivity contribution is 9.10. The van der Waals surface area contributed by atoms with Crippen molar-refractivity contribution >= 4 is 15.9 Å². The summed E-state index contributed by atoms with van der Waals surface area (Å²) in [4.78, 5) is 0. The molecule has 0 saturated heterocycles. The maximum atomic E-state index is 13.4. The van der Waals surface area contributed by atoms with Crippen molar-refractivity contribution in [3.05, 3.63) is 63.9 Å². The summed E-state index contributed by atoms with van der Waals surface area (Å²) in [5.74, 6) is 0.602. The van der Waals surface area contributed by atoms with Gasteiger partial charge in [-0.05, 0) is 65.0 Å². The van der Waals surface area contributed by atoms with Gasteiger partial charge >= 0.3 is 0 Å². The minimum absolute atomic E-state index is 0.0621. The van der Waals surface area contributed by atoms with Gasteiger partial charge in [-0.2, -0.15) is 0 Å². The first-order chi connectivity index (χ1) is 10.1. The topological polar surface area (TPSA) is 35.2 Å². The lowest BCUT2D eigenvalue weighted by atomic mass is 10.0. The Morgan fingerprint density at radius 3 is 2.76 bits per heavy atom. The molecular formula is C17H19BrFNO. The Kier molecular flexibility index (Phi) is 5.76. The Labute approximate surface area is 133 Å². The number of benzene rings is 2. The predicted molar refractivity (Wildman–Crippen MR) is 87.1 cm³/mol. The van der Waals surface area contributed by atoms with E-state index < -0.39 is 0 Å². The molecule has 0 saturated carbocycles. The average Bonchev–Trinajstić information content (AvgIpc) is 2.44. The van der Waals surface area contributed by atoms with E-state index in [-0.39, 0.29) is 11.9 Å². The number of hydrogen-bond donors (Lipinski definition) is 1. The van der Waals surface area contributed by atoms with E-state index >= 15 is 0 Å². The van der Waals surface area contributed by atoms with Crippen LogP contribution in [0.3, 0.4) is 0 Å². The third-order valence-electron chi connectivity index (χ3n) is 3.26. The molecule has 2 aromatic carbocycles. The highest BCUT2D eigenvalue weighted by atomic mass is 79.9. The van der Waals surface area contributed by atoms with Gasteiger partial charge in [0.15, 0.2) is 0 Å². The summed E-state index contributed by atoms with van der Waals surface area (Å²) in [5.41, 5.74) is 8.15. The fourth-order valence-corrected chi connectivity index (χ4v) is 2.55. The second-order valence-corrected chi connectivity index (χ2v) is 5.92. The minimum Gasteiger partial charge on any atom is -0.494 e. The van der Waals surface area contributed by atoms with Crippen molar-refractivity contribution in [2.24, 2.45) is 5.73 Å². The van der Waals surface area contributed by atoms with Crippen LogP contribution in [0.25, 0.3) is 0 Å². The largest absolute Gasteiger partial charge is 0.494 e. The van der Waals surface area contributed by atoms with Crippen LogP contribution >= 0.6 is 15.9 Å². The van der Waals surface area contributed by atoms with E-state index in [0.29, 0.717) is 17.5 Å². The zero-order chi connectivity index (χ0) is 15.2. The van der Waals surface area contributed by atoms with Gasteiger partial charge in [-0.3, -0.25) is 0 Å². The van der Waals surface area contributed by atoms with Crippen LogP contribution in [0.15, 0.2) is 46.9 Å². The molecule has 0 radical (unpaired) electrons. The maximum absolute atomic E-state index is 13.4. The van der Waals surface area contributed by atoms with Crippen LogP contribution in [0.1, 0.15) is 17.5 Å². The van der Waals surface area contributed by atoms with E-state index in [1.807, 2.05) is 37.3 Å². The Balaban J connectivity index is 1.82. The molecule has 0 aliphatic carbocycles. The number of halogens is 2. The Morgan fingerprint density at radius 2 is 2.00 bits per heavy atom. The number of hydrogen-bond acceptors (Lipinski definition) is 2. The van der Waals surface area contributed by atoms with Crippen molar-refractivity contribution in [1.82, 2.24) is 0 Å². The lowest BCUT2D eigenvalue weighted by Gasteiger charge is -2.14. The van der Waals surface area contributed by atoms with Crippen LogP contribution in [0, 0.1) is 12.7 Å². The van der Waals surface area contributed by atoms with Gasteiger partial charge in [0, 0.05) is 6.04 Å². The summed E-state index contributed by atoms with van der Waals surface area (Å²) in [6.45, 7) is 2.58. The third-order valence-corrected chi connectivity index (χ3v) is 4.15. The van der Waals surface area contributed by atoms with Gasteiger partial charge in [0.05, 0.1) is 11.1 Å². The molecule has 0 fully saturated rings. The van der Waals surface area contributed by atoms with Crippen molar-refractivity contribution in [1.29, 1.82) is 0 Å². The molecule has 2 N–H and O–H groups in total. The van der Waals surface area contributed by atoms with E-state index in [4.69, 9.17) is 10.5 Å². The molecule has 1 unspecified atom stereocenters. The summed E-state index contributed by atoms with van der Waals surface area (Å²) in [7, 11) is 0. The molecule has 0 heterocycles. The smallest absolute Gasteiger partial charge is 0.137 e. The molecule has 0 aromatic heterocycles. The lowest BCUT2D eigenvalue weighted by molar-refractivity contribution is 0.297. The molecule has 0 bridgehead atoms. The molecule has 2 nitrogen and oxygen atoms in total. The molecule has 4 heteroatoms. The second-order valence-electron chi connectivity index (χ2n) is 5.13. The molecule has 112 valence electrons. The minimum atomic E-state index is -0.254. The molecular weight excluding hydrogens is 333 g/mol. The third kappa shape index (κ3) is 4.83. The Hall–Kier alpha value is -1.39. The molecule has 1 atom stereocenters. The van der Waals surface area contributed by atoms with Gasteiger partial charge in [0.2, 0.25) is 0 Å². The second kappa shape index (κ2) is 7.57. The first-order valence-electron chi connectivity index (χ1n) is 6.94. The predicted octanol–water partition coefficient (Wildman–Crippen LogP) is 4.24. The van der Waals surface area contributed by atoms with Crippen molar-refractivity contribution < 1.29 is 9.13 Å². The molecule has 2 rings (SSSR count).